The van der Waals surface area contributed by atoms with Gasteiger partial charge in [0.1, 0.15) is 5.75 Å². The first kappa shape index (κ1) is 16.6. The molecule has 0 aromatic heterocycles. The summed E-state index contributed by atoms with van der Waals surface area (Å²) in [6, 6.07) is 2.99. The predicted molar refractivity (Wildman–Crippen MR) is 60.4 cm³/mol. The molecule has 0 aliphatic carbocycles. The monoisotopic (exact) mass is 301 g/mol. The van der Waals surface area contributed by atoms with Crippen molar-refractivity contribution in [2.75, 3.05) is 13.2 Å². The van der Waals surface area contributed by atoms with E-state index in [1.165, 1.54) is 6.07 Å². The fourth-order valence-electron chi connectivity index (χ4n) is 1.46. The van der Waals surface area contributed by atoms with Crippen molar-refractivity contribution in [3.05, 3.63) is 29.3 Å². The molecule has 0 heterocycles. The van der Waals surface area contributed by atoms with E-state index in [0.29, 0.717) is 12.1 Å². The Balaban J connectivity index is 2.98. The molecule has 0 fully saturated rings. The van der Waals surface area contributed by atoms with E-state index in [1.807, 2.05) is 0 Å². The third-order valence-electron chi connectivity index (χ3n) is 2.32. The molecular weight excluding hydrogens is 288 g/mol. The summed E-state index contributed by atoms with van der Waals surface area (Å²) < 4.78 is 78.6. The van der Waals surface area contributed by atoms with Gasteiger partial charge in [0.2, 0.25) is 0 Å². The average Bonchev–Trinajstić information content (AvgIpc) is 2.32. The Labute approximate surface area is 111 Å². The molecule has 0 saturated heterocycles. The van der Waals surface area contributed by atoms with E-state index in [4.69, 9.17) is 0 Å². The van der Waals surface area contributed by atoms with Gasteiger partial charge in [-0.2, -0.15) is 26.3 Å². The standard InChI is InChI=1S/C12H13F6NO/c1-2-19-6-8-3-4-10(20-7-11(13,14)15)9(5-8)12(16,17)18/h3-5,19H,2,6-7H2,1H3. The van der Waals surface area contributed by atoms with Crippen LogP contribution in [0.3, 0.4) is 0 Å². The zero-order valence-electron chi connectivity index (χ0n) is 10.5. The number of alkyl halides is 6. The Morgan fingerprint density at radius 1 is 1.10 bits per heavy atom. The first-order chi connectivity index (χ1) is 9.13. The van der Waals surface area contributed by atoms with E-state index in [9.17, 15) is 26.3 Å². The van der Waals surface area contributed by atoms with Gasteiger partial charge in [-0.05, 0) is 24.2 Å². The maximum atomic E-state index is 12.8. The van der Waals surface area contributed by atoms with Gasteiger partial charge in [0, 0.05) is 6.54 Å². The first-order valence-corrected chi connectivity index (χ1v) is 5.74. The summed E-state index contributed by atoms with van der Waals surface area (Å²) in [7, 11) is 0. The van der Waals surface area contributed by atoms with Crippen LogP contribution < -0.4 is 10.1 Å². The van der Waals surface area contributed by atoms with Gasteiger partial charge in [-0.1, -0.05) is 13.0 Å². The van der Waals surface area contributed by atoms with Crippen molar-refractivity contribution >= 4 is 0 Å². The van der Waals surface area contributed by atoms with Gasteiger partial charge in [0.25, 0.3) is 0 Å². The molecule has 0 unspecified atom stereocenters. The van der Waals surface area contributed by atoms with E-state index in [0.717, 1.165) is 12.1 Å². The van der Waals surface area contributed by atoms with Crippen LogP contribution in [-0.4, -0.2) is 19.3 Å². The number of benzene rings is 1. The minimum atomic E-state index is -4.77. The second-order valence-corrected chi connectivity index (χ2v) is 4.01. The van der Waals surface area contributed by atoms with E-state index in [1.54, 1.807) is 6.92 Å². The Morgan fingerprint density at radius 2 is 1.75 bits per heavy atom. The lowest BCUT2D eigenvalue weighted by Crippen LogP contribution is -2.21. The van der Waals surface area contributed by atoms with Gasteiger partial charge in [-0.15, -0.1) is 0 Å². The van der Waals surface area contributed by atoms with Gasteiger partial charge in [-0.3, -0.25) is 0 Å². The van der Waals surface area contributed by atoms with E-state index < -0.39 is 30.3 Å². The quantitative estimate of drug-likeness (QED) is 0.836. The van der Waals surface area contributed by atoms with Crippen LogP contribution in [0.4, 0.5) is 26.3 Å². The van der Waals surface area contributed by atoms with Crippen molar-refractivity contribution in [3.63, 3.8) is 0 Å². The predicted octanol–water partition coefficient (Wildman–Crippen LogP) is 3.76. The molecule has 0 aliphatic rings. The van der Waals surface area contributed by atoms with Crippen molar-refractivity contribution < 1.29 is 31.1 Å². The Bertz CT molecular complexity index is 441. The summed E-state index contributed by atoms with van der Waals surface area (Å²) in [6.45, 7) is 0.779. The molecule has 1 aromatic carbocycles. The van der Waals surface area contributed by atoms with Gasteiger partial charge >= 0.3 is 12.4 Å². The molecule has 0 amide bonds. The topological polar surface area (TPSA) is 21.3 Å². The van der Waals surface area contributed by atoms with E-state index in [-0.39, 0.29) is 6.54 Å². The summed E-state index contributed by atoms with van der Waals surface area (Å²) in [5.74, 6) is -0.824. The minimum absolute atomic E-state index is 0.194. The second-order valence-electron chi connectivity index (χ2n) is 4.01. The van der Waals surface area contributed by atoms with Crippen LogP contribution in [0, 0.1) is 0 Å². The summed E-state index contributed by atoms with van der Waals surface area (Å²) in [6.07, 6.45) is -9.46. The van der Waals surface area contributed by atoms with E-state index >= 15 is 0 Å². The fraction of sp³-hybridized carbons (Fsp3) is 0.500. The highest BCUT2D eigenvalue weighted by Gasteiger charge is 2.36. The third kappa shape index (κ3) is 5.28. The average molecular weight is 301 g/mol. The molecule has 1 rings (SSSR count). The normalized spacial score (nSPS) is 12.6. The SMILES string of the molecule is CCNCc1ccc(OCC(F)(F)F)c(C(F)(F)F)c1. The summed E-state index contributed by atoms with van der Waals surface area (Å²) in [5, 5.41) is 2.83. The smallest absolute Gasteiger partial charge is 0.422 e. The molecule has 0 aliphatic heterocycles. The molecule has 8 heteroatoms. The Hall–Kier alpha value is -1.44. The van der Waals surface area contributed by atoms with Gasteiger partial charge in [0.15, 0.2) is 6.61 Å². The Kier molecular flexibility index (Phi) is 5.27. The molecule has 1 aromatic rings. The number of ether oxygens (including phenoxy) is 1. The molecule has 1 N–H and O–H groups in total. The lowest BCUT2D eigenvalue weighted by Gasteiger charge is -2.16. The summed E-state index contributed by atoms with van der Waals surface area (Å²) >= 11 is 0. The van der Waals surface area contributed by atoms with Crippen LogP contribution in [0.5, 0.6) is 5.75 Å². The zero-order valence-corrected chi connectivity index (χ0v) is 10.5. The number of halogens is 6. The van der Waals surface area contributed by atoms with Crippen LogP contribution in [0.25, 0.3) is 0 Å². The molecule has 2 nitrogen and oxygen atoms in total. The first-order valence-electron chi connectivity index (χ1n) is 5.74. The van der Waals surface area contributed by atoms with Gasteiger partial charge in [-0.25, -0.2) is 0 Å². The molecule has 114 valence electrons. The summed E-state index contributed by atoms with van der Waals surface area (Å²) in [5.41, 5.74) is -0.893. The van der Waals surface area contributed by atoms with Gasteiger partial charge in [0.05, 0.1) is 5.56 Å². The zero-order chi connectivity index (χ0) is 15.4. The van der Waals surface area contributed by atoms with Crippen molar-refractivity contribution in [1.82, 2.24) is 5.32 Å². The van der Waals surface area contributed by atoms with Crippen LogP contribution in [0.1, 0.15) is 18.1 Å². The molecule has 0 atom stereocenters. The molecule has 0 saturated carbocycles. The minimum Gasteiger partial charge on any atom is -0.483 e. The molecule has 20 heavy (non-hydrogen) atoms. The maximum absolute atomic E-state index is 12.8. The van der Waals surface area contributed by atoms with Crippen LogP contribution in [0.2, 0.25) is 0 Å². The number of nitrogens with one attached hydrogen (secondary N) is 1. The highest BCUT2D eigenvalue weighted by atomic mass is 19.4. The second kappa shape index (κ2) is 6.34. The number of hydrogen-bond donors (Lipinski definition) is 1. The van der Waals surface area contributed by atoms with E-state index in [2.05, 4.69) is 10.1 Å². The van der Waals surface area contributed by atoms with Crippen molar-refractivity contribution in [1.29, 1.82) is 0 Å². The largest absolute Gasteiger partial charge is 0.483 e. The van der Waals surface area contributed by atoms with Gasteiger partial charge < -0.3 is 10.1 Å². The van der Waals surface area contributed by atoms with Crippen LogP contribution >= 0.6 is 0 Å². The fourth-order valence-corrected chi connectivity index (χ4v) is 1.46. The van der Waals surface area contributed by atoms with Crippen molar-refractivity contribution in [2.24, 2.45) is 0 Å². The highest BCUT2D eigenvalue weighted by Crippen LogP contribution is 2.37. The van der Waals surface area contributed by atoms with Crippen molar-refractivity contribution in [3.8, 4) is 5.75 Å². The number of hydrogen-bond acceptors (Lipinski definition) is 2. The lowest BCUT2D eigenvalue weighted by molar-refractivity contribution is -0.158. The van der Waals surface area contributed by atoms with Crippen molar-refractivity contribution in [2.45, 2.75) is 25.8 Å². The lowest BCUT2D eigenvalue weighted by atomic mass is 10.1. The molecule has 0 radical (unpaired) electrons. The molecule has 0 spiro atoms. The van der Waals surface area contributed by atoms with Crippen LogP contribution in [-0.2, 0) is 12.7 Å². The Morgan fingerprint density at radius 3 is 2.25 bits per heavy atom. The highest BCUT2D eigenvalue weighted by molar-refractivity contribution is 5.39. The summed E-state index contributed by atoms with van der Waals surface area (Å²) in [4.78, 5) is 0. The maximum Gasteiger partial charge on any atom is 0.422 e. The molecule has 0 bridgehead atoms. The molecular formula is C12H13F6NO. The third-order valence-corrected chi connectivity index (χ3v) is 2.32. The van der Waals surface area contributed by atoms with Crippen LogP contribution in [0.15, 0.2) is 18.2 Å². The number of rotatable bonds is 5.